The van der Waals surface area contributed by atoms with Gasteiger partial charge >= 0.3 is 5.97 Å². The predicted molar refractivity (Wildman–Crippen MR) is 83.4 cm³/mol. The minimum absolute atomic E-state index is 0.228. The van der Waals surface area contributed by atoms with Crippen molar-refractivity contribution in [2.24, 2.45) is 0 Å². The molecule has 0 amide bonds. The molecule has 0 radical (unpaired) electrons. The van der Waals surface area contributed by atoms with Gasteiger partial charge in [0.2, 0.25) is 0 Å². The molecule has 1 rings (SSSR count). The fourth-order valence-corrected chi connectivity index (χ4v) is 2.43. The molecule has 20 heavy (non-hydrogen) atoms. The molecule has 0 aliphatic carbocycles. The highest BCUT2D eigenvalue weighted by atomic mass is 32.1. The van der Waals surface area contributed by atoms with Crippen LogP contribution in [0.2, 0.25) is 0 Å². The molecule has 0 saturated carbocycles. The van der Waals surface area contributed by atoms with E-state index < -0.39 is 5.97 Å². The quantitative estimate of drug-likeness (QED) is 0.715. The van der Waals surface area contributed by atoms with Gasteiger partial charge in [-0.2, -0.15) is 4.37 Å². The lowest BCUT2D eigenvalue weighted by Gasteiger charge is -2.23. The summed E-state index contributed by atoms with van der Waals surface area (Å²) < 4.78 is 9.00. The molecule has 1 unspecified atom stereocenters. The number of carbonyl (C=O) groups excluding carboxylic acids is 1. The van der Waals surface area contributed by atoms with Crippen LogP contribution in [0, 0.1) is 0 Å². The Morgan fingerprint density at radius 1 is 1.55 bits per heavy atom. The van der Waals surface area contributed by atoms with Crippen LogP contribution in [0.4, 0.5) is 10.8 Å². The third-order valence-electron chi connectivity index (χ3n) is 3.29. The normalized spacial score (nSPS) is 12.4. The molecule has 0 aliphatic heterocycles. The van der Waals surface area contributed by atoms with Gasteiger partial charge in [0.05, 0.1) is 6.61 Å². The zero-order valence-electron chi connectivity index (χ0n) is 12.6. The second-order valence-corrected chi connectivity index (χ2v) is 5.43. The molecule has 1 heterocycles. The summed E-state index contributed by atoms with van der Waals surface area (Å²) in [5.74, 6) is -0.192. The van der Waals surface area contributed by atoms with Crippen LogP contribution in [0.15, 0.2) is 0 Å². The predicted octanol–water partition coefficient (Wildman–Crippen LogP) is 2.04. The van der Waals surface area contributed by atoms with Crippen molar-refractivity contribution in [3.05, 3.63) is 5.56 Å². The maximum Gasteiger partial charge on any atom is 0.344 e. The minimum atomic E-state index is -0.420. The van der Waals surface area contributed by atoms with E-state index in [2.05, 4.69) is 35.5 Å². The first-order valence-corrected chi connectivity index (χ1v) is 7.64. The molecular weight excluding hydrogens is 276 g/mol. The number of likely N-dealkylation sites (N-methyl/N-ethyl adjacent to an activating group) is 1. The van der Waals surface area contributed by atoms with E-state index in [1.807, 2.05) is 0 Å². The van der Waals surface area contributed by atoms with Gasteiger partial charge in [0.25, 0.3) is 0 Å². The lowest BCUT2D eigenvalue weighted by atomic mass is 10.2. The van der Waals surface area contributed by atoms with Crippen LogP contribution in [0.25, 0.3) is 0 Å². The maximum absolute atomic E-state index is 11.8. The third kappa shape index (κ3) is 4.35. The largest absolute Gasteiger partial charge is 0.462 e. The summed E-state index contributed by atoms with van der Waals surface area (Å²) >= 11 is 1.19. The zero-order chi connectivity index (χ0) is 15.1. The van der Waals surface area contributed by atoms with Gasteiger partial charge in [0.1, 0.15) is 10.6 Å². The number of nitrogens with zero attached hydrogens (tertiary/aromatic N) is 2. The van der Waals surface area contributed by atoms with Gasteiger partial charge in [-0.1, -0.05) is 6.92 Å². The molecule has 1 aromatic rings. The summed E-state index contributed by atoms with van der Waals surface area (Å²) in [6, 6.07) is 0.535. The van der Waals surface area contributed by atoms with Gasteiger partial charge < -0.3 is 20.7 Å². The van der Waals surface area contributed by atoms with Gasteiger partial charge in [-0.3, -0.25) is 0 Å². The molecule has 0 spiro atoms. The highest BCUT2D eigenvalue weighted by molar-refractivity contribution is 7.11. The Labute approximate surface area is 124 Å². The van der Waals surface area contributed by atoms with E-state index in [-0.39, 0.29) is 5.82 Å². The van der Waals surface area contributed by atoms with Crippen LogP contribution in [0.1, 0.15) is 37.6 Å². The summed E-state index contributed by atoms with van der Waals surface area (Å²) in [6.07, 6.45) is 1.11. The van der Waals surface area contributed by atoms with Crippen LogP contribution in [0.5, 0.6) is 0 Å². The van der Waals surface area contributed by atoms with E-state index in [0.717, 1.165) is 19.5 Å². The van der Waals surface area contributed by atoms with Gasteiger partial charge in [0.15, 0.2) is 5.82 Å². The zero-order valence-corrected chi connectivity index (χ0v) is 13.4. The molecule has 3 N–H and O–H groups in total. The first-order chi connectivity index (χ1) is 9.51. The highest BCUT2D eigenvalue weighted by Gasteiger charge is 2.20. The van der Waals surface area contributed by atoms with Crippen molar-refractivity contribution >= 4 is 28.3 Å². The van der Waals surface area contributed by atoms with E-state index in [0.29, 0.717) is 23.2 Å². The topological polar surface area (TPSA) is 80.5 Å². The summed E-state index contributed by atoms with van der Waals surface area (Å²) in [5.41, 5.74) is 6.07. The third-order valence-corrected chi connectivity index (χ3v) is 4.11. The Morgan fingerprint density at radius 3 is 2.85 bits per heavy atom. The van der Waals surface area contributed by atoms with Crippen LogP contribution < -0.4 is 11.1 Å². The van der Waals surface area contributed by atoms with E-state index >= 15 is 0 Å². The molecular formula is C13H24N4O2S. The second kappa shape index (κ2) is 8.06. The average molecular weight is 300 g/mol. The Bertz CT molecular complexity index is 436. The fourth-order valence-electron chi connectivity index (χ4n) is 1.70. The van der Waals surface area contributed by atoms with Crippen LogP contribution in [-0.4, -0.2) is 48.0 Å². The molecule has 114 valence electrons. The van der Waals surface area contributed by atoms with Crippen LogP contribution in [0.3, 0.4) is 0 Å². The lowest BCUT2D eigenvalue weighted by molar-refractivity contribution is 0.0529. The number of aromatic nitrogens is 1. The molecule has 0 bridgehead atoms. The van der Waals surface area contributed by atoms with Crippen molar-refractivity contribution in [1.82, 2.24) is 9.27 Å². The molecule has 6 nitrogen and oxygen atoms in total. The number of ether oxygens (including phenoxy) is 1. The van der Waals surface area contributed by atoms with E-state index in [4.69, 9.17) is 10.5 Å². The van der Waals surface area contributed by atoms with E-state index in [9.17, 15) is 4.79 Å². The van der Waals surface area contributed by atoms with Gasteiger partial charge in [-0.15, -0.1) is 0 Å². The average Bonchev–Trinajstić information content (AvgIpc) is 2.79. The Kier molecular flexibility index (Phi) is 6.74. The van der Waals surface area contributed by atoms with Gasteiger partial charge in [0, 0.05) is 19.1 Å². The second-order valence-electron chi connectivity index (χ2n) is 4.66. The minimum Gasteiger partial charge on any atom is -0.462 e. The number of esters is 1. The van der Waals surface area contributed by atoms with Crippen molar-refractivity contribution in [2.45, 2.75) is 33.2 Å². The standard InChI is InChI=1S/C13H24N4O2S/c1-5-9(3)17(4)8-7-15-12-10(11(14)16-20-12)13(18)19-6-2/h9,15H,5-8H2,1-4H3,(H2,14,16). The molecule has 0 aromatic carbocycles. The van der Waals surface area contributed by atoms with Crippen molar-refractivity contribution < 1.29 is 9.53 Å². The van der Waals surface area contributed by atoms with E-state index in [1.165, 1.54) is 11.5 Å². The molecule has 0 saturated heterocycles. The van der Waals surface area contributed by atoms with Crippen LogP contribution >= 0.6 is 11.5 Å². The number of hydrogen-bond donors (Lipinski definition) is 2. The molecule has 0 aliphatic rings. The monoisotopic (exact) mass is 300 g/mol. The van der Waals surface area contributed by atoms with Crippen LogP contribution in [-0.2, 0) is 4.74 Å². The summed E-state index contributed by atoms with van der Waals surface area (Å²) in [6.45, 7) is 8.06. The summed E-state index contributed by atoms with van der Waals surface area (Å²) in [7, 11) is 2.09. The molecule has 7 heteroatoms. The number of anilines is 2. The number of nitrogens with two attached hydrogens (primary N) is 1. The first-order valence-electron chi connectivity index (χ1n) is 6.87. The number of nitrogens with one attached hydrogen (secondary N) is 1. The van der Waals surface area contributed by atoms with Crippen molar-refractivity contribution in [1.29, 1.82) is 0 Å². The Hall–Kier alpha value is -1.34. The number of rotatable bonds is 8. The van der Waals surface area contributed by atoms with Crippen molar-refractivity contribution in [3.8, 4) is 0 Å². The lowest BCUT2D eigenvalue weighted by Crippen LogP contribution is -2.32. The number of hydrogen-bond acceptors (Lipinski definition) is 7. The van der Waals surface area contributed by atoms with Crippen molar-refractivity contribution in [3.63, 3.8) is 0 Å². The summed E-state index contributed by atoms with van der Waals surface area (Å²) in [4.78, 5) is 14.1. The first kappa shape index (κ1) is 16.7. The molecule has 0 fully saturated rings. The smallest absolute Gasteiger partial charge is 0.344 e. The number of nitrogen functional groups attached to an aromatic ring is 1. The Balaban J connectivity index is 2.58. The Morgan fingerprint density at radius 2 is 2.25 bits per heavy atom. The van der Waals surface area contributed by atoms with Gasteiger partial charge in [-0.05, 0) is 38.8 Å². The fraction of sp³-hybridized carbons (Fsp3) is 0.692. The number of carbonyl (C=O) groups is 1. The maximum atomic E-state index is 11.8. The molecule has 1 atom stereocenters. The summed E-state index contributed by atoms with van der Waals surface area (Å²) in [5, 5.41) is 3.90. The molecule has 1 aromatic heterocycles. The highest BCUT2D eigenvalue weighted by Crippen LogP contribution is 2.27. The van der Waals surface area contributed by atoms with Crippen molar-refractivity contribution in [2.75, 3.05) is 37.8 Å². The van der Waals surface area contributed by atoms with E-state index in [1.54, 1.807) is 6.92 Å². The van der Waals surface area contributed by atoms with Gasteiger partial charge in [-0.25, -0.2) is 4.79 Å². The SMILES string of the molecule is CCOC(=O)c1c(N)nsc1NCCN(C)C(C)CC.